The summed E-state index contributed by atoms with van der Waals surface area (Å²) in [5.41, 5.74) is 26.2. The molecule has 75 heavy (non-hydrogen) atoms. The fraction of sp³-hybridized carbons (Fsp3) is 0.380. The molecule has 0 saturated heterocycles. The Bertz CT molecular complexity index is 3680. The van der Waals surface area contributed by atoms with Crippen LogP contribution in [0.1, 0.15) is 169 Å². The Hall–Kier alpha value is -6.26. The Morgan fingerprint density at radius 1 is 0.493 bits per heavy atom. The molecule has 0 radical (unpaired) electrons. The predicted octanol–water partition coefficient (Wildman–Crippen LogP) is 17.7. The average molecular weight is 985 g/mol. The minimum atomic E-state index is -0.179. The first-order valence-electron chi connectivity index (χ1n) is 28.2. The summed E-state index contributed by atoms with van der Waals surface area (Å²) >= 11 is 0. The predicted molar refractivity (Wildman–Crippen MR) is 321 cm³/mol. The number of hydrogen-bond acceptors (Lipinski definition) is 3. The van der Waals surface area contributed by atoms with E-state index in [0.29, 0.717) is 5.92 Å². The van der Waals surface area contributed by atoms with Crippen molar-refractivity contribution in [2.24, 2.45) is 5.92 Å². The van der Waals surface area contributed by atoms with E-state index in [1.165, 1.54) is 106 Å². The molecule has 0 N–H and O–H groups in total. The second kappa shape index (κ2) is 15.5. The van der Waals surface area contributed by atoms with E-state index in [0.717, 1.165) is 36.2 Å². The fourth-order valence-corrected chi connectivity index (χ4v) is 15.0. The molecule has 3 nitrogen and oxygen atoms in total. The van der Waals surface area contributed by atoms with Gasteiger partial charge < -0.3 is 14.2 Å². The molecule has 0 amide bonds. The highest BCUT2D eigenvalue weighted by molar-refractivity contribution is 7.00. The van der Waals surface area contributed by atoms with Gasteiger partial charge in [0.15, 0.2) is 0 Å². The van der Waals surface area contributed by atoms with Crippen LogP contribution in [-0.4, -0.2) is 6.71 Å². The molecule has 6 aliphatic rings. The molecule has 4 aliphatic heterocycles. The average Bonchev–Trinajstić information content (AvgIpc) is 3.93. The summed E-state index contributed by atoms with van der Waals surface area (Å²) in [5.74, 6) is 0.377. The summed E-state index contributed by atoms with van der Waals surface area (Å²) in [7, 11) is 0. The van der Waals surface area contributed by atoms with Gasteiger partial charge >= 0.3 is 0 Å². The second-order valence-electron chi connectivity index (χ2n) is 28.8. The lowest BCUT2D eigenvalue weighted by Gasteiger charge is -2.54. The molecule has 1 atom stereocenters. The van der Waals surface area contributed by atoms with E-state index in [9.17, 15) is 0 Å². The summed E-state index contributed by atoms with van der Waals surface area (Å²) < 4.78 is 7.79. The van der Waals surface area contributed by atoms with Gasteiger partial charge in [-0.15, -0.1) is 0 Å². The zero-order valence-corrected chi connectivity index (χ0v) is 47.8. The maximum atomic E-state index is 7.79. The summed E-state index contributed by atoms with van der Waals surface area (Å²) in [6, 6.07) is 53.1. The second-order valence-corrected chi connectivity index (χ2v) is 28.8. The van der Waals surface area contributed by atoms with Gasteiger partial charge in [-0.3, -0.25) is 0 Å². The fourth-order valence-electron chi connectivity index (χ4n) is 15.0. The number of nitrogens with zero attached hydrogens (tertiary/aromatic N) is 2. The largest absolute Gasteiger partial charge is 0.468 e. The first kappa shape index (κ1) is 48.4. The molecular weight excluding hydrogens is 908 g/mol. The van der Waals surface area contributed by atoms with Crippen molar-refractivity contribution in [2.75, 3.05) is 9.80 Å². The zero-order chi connectivity index (χ0) is 52.9. The molecule has 14 rings (SSSR count). The van der Waals surface area contributed by atoms with Gasteiger partial charge in [0, 0.05) is 33.7 Å². The maximum absolute atomic E-state index is 7.79. The first-order chi connectivity index (χ1) is 35.2. The van der Waals surface area contributed by atoms with Crippen molar-refractivity contribution in [2.45, 2.75) is 168 Å². The standard InChI is InChI=1S/C71H77BN2O/c1-65(2,3)45-26-29-48(30-27-45)73-58-34-44(42-20-18-17-19-21-42)35-59-62(58)72(64-63(73)50-37-51-53(40-60(50)75-64)68(9,10)33-32-67(51,7)8)55-38-52-54-39-57(55)74(59)56-31-28-47(66(4,5)6)36-49(56)43-22-24-46(25-23-43)70(13,14)61(71(54,15)16)41-69(52,11)12/h17-31,34-40,61H,32-33,41H2,1-16H3. The first-order valence-corrected chi connectivity index (χ1v) is 28.2. The summed E-state index contributed by atoms with van der Waals surface area (Å²) in [5, 5.41) is 1.20. The number of fused-ring (bicyclic) bond motifs is 8. The van der Waals surface area contributed by atoms with Gasteiger partial charge in [0.1, 0.15) is 5.58 Å². The van der Waals surface area contributed by atoms with Gasteiger partial charge in [0.05, 0.1) is 17.0 Å². The Morgan fingerprint density at radius 3 is 1.73 bits per heavy atom. The number of rotatable bonds is 2. The monoisotopic (exact) mass is 985 g/mol. The van der Waals surface area contributed by atoms with E-state index in [2.05, 4.69) is 254 Å². The van der Waals surface area contributed by atoms with Crippen molar-refractivity contribution >= 4 is 68.4 Å². The van der Waals surface area contributed by atoms with Crippen LogP contribution in [0.5, 0.6) is 0 Å². The number of anilines is 6. The van der Waals surface area contributed by atoms with Crippen LogP contribution in [0, 0.1) is 5.92 Å². The molecule has 0 saturated carbocycles. The smallest absolute Gasteiger partial charge is 0.297 e. The molecule has 2 aliphatic carbocycles. The third-order valence-electron chi connectivity index (χ3n) is 19.8. The van der Waals surface area contributed by atoms with E-state index in [-0.39, 0.29) is 44.6 Å². The van der Waals surface area contributed by atoms with Crippen molar-refractivity contribution in [1.82, 2.24) is 0 Å². The molecular formula is C71H77BN2O. The molecule has 5 bridgehead atoms. The molecule has 380 valence electrons. The lowest BCUT2D eigenvalue weighted by atomic mass is 9.35. The molecule has 1 unspecified atom stereocenters. The summed E-state index contributed by atoms with van der Waals surface area (Å²) in [4.78, 5) is 5.30. The lowest BCUT2D eigenvalue weighted by Crippen LogP contribution is -2.61. The number of benzene rings is 7. The third-order valence-corrected chi connectivity index (χ3v) is 19.8. The van der Waals surface area contributed by atoms with Gasteiger partial charge in [0.2, 0.25) is 0 Å². The molecule has 7 aromatic carbocycles. The molecule has 0 spiro atoms. The van der Waals surface area contributed by atoms with Crippen molar-refractivity contribution in [1.29, 1.82) is 0 Å². The van der Waals surface area contributed by atoms with Crippen LogP contribution in [0.2, 0.25) is 0 Å². The van der Waals surface area contributed by atoms with E-state index in [1.807, 2.05) is 0 Å². The quantitative estimate of drug-likeness (QED) is 0.161. The van der Waals surface area contributed by atoms with Crippen LogP contribution in [0.15, 0.2) is 138 Å². The Labute approximate surface area is 448 Å². The van der Waals surface area contributed by atoms with Gasteiger partial charge in [-0.05, 0) is 184 Å². The highest BCUT2D eigenvalue weighted by Gasteiger charge is 2.54. The van der Waals surface area contributed by atoms with Gasteiger partial charge in [0.25, 0.3) is 6.71 Å². The van der Waals surface area contributed by atoms with Crippen LogP contribution in [0.4, 0.5) is 34.1 Å². The topological polar surface area (TPSA) is 19.6 Å². The van der Waals surface area contributed by atoms with Gasteiger partial charge in [-0.1, -0.05) is 190 Å². The van der Waals surface area contributed by atoms with Crippen molar-refractivity contribution in [3.05, 3.63) is 172 Å². The van der Waals surface area contributed by atoms with Gasteiger partial charge in [-0.2, -0.15) is 0 Å². The minimum absolute atomic E-state index is 0.00435. The Morgan fingerprint density at radius 2 is 1.09 bits per heavy atom. The Kier molecular flexibility index (Phi) is 9.97. The molecule has 8 aromatic rings. The van der Waals surface area contributed by atoms with Gasteiger partial charge in [-0.25, -0.2) is 0 Å². The van der Waals surface area contributed by atoms with Crippen molar-refractivity contribution < 1.29 is 4.42 Å². The summed E-state index contributed by atoms with van der Waals surface area (Å²) in [6.07, 6.45) is 3.37. The van der Waals surface area contributed by atoms with E-state index in [1.54, 1.807) is 0 Å². The molecule has 5 heterocycles. The molecule has 0 fully saturated rings. The van der Waals surface area contributed by atoms with Crippen LogP contribution in [0.3, 0.4) is 0 Å². The van der Waals surface area contributed by atoms with Crippen molar-refractivity contribution in [3.63, 3.8) is 0 Å². The third kappa shape index (κ3) is 6.99. The SMILES string of the molecule is CC(C)(C)c1ccc(N2c3cc(-c4ccccc4)cc4c3B(c3cc5c6cc3N4c3ccc(C(C)(C)C)cc3-c3ccc(cc3)C(C)(C)C(CC5(C)C)C6(C)C)c3oc4cc5c(cc4c32)C(C)(C)CCC5(C)C)cc1. The van der Waals surface area contributed by atoms with Crippen LogP contribution < -0.4 is 26.4 Å². The number of hydrogen-bond donors (Lipinski definition) is 0. The van der Waals surface area contributed by atoms with E-state index >= 15 is 0 Å². The molecule has 4 heteroatoms. The van der Waals surface area contributed by atoms with Crippen LogP contribution in [-0.2, 0) is 37.9 Å². The van der Waals surface area contributed by atoms with Crippen molar-refractivity contribution in [3.8, 4) is 22.3 Å². The highest BCUT2D eigenvalue weighted by Crippen LogP contribution is 2.59. The van der Waals surface area contributed by atoms with Crippen LogP contribution >= 0.6 is 0 Å². The maximum Gasteiger partial charge on any atom is 0.297 e. The highest BCUT2D eigenvalue weighted by atomic mass is 16.3. The zero-order valence-electron chi connectivity index (χ0n) is 47.8. The van der Waals surface area contributed by atoms with E-state index in [4.69, 9.17) is 4.42 Å². The van der Waals surface area contributed by atoms with E-state index < -0.39 is 0 Å². The molecule has 1 aromatic heterocycles. The summed E-state index contributed by atoms with van der Waals surface area (Å²) in [6.45, 7) is 38.8. The Balaban J connectivity index is 1.22. The lowest BCUT2D eigenvalue weighted by molar-refractivity contribution is 0.134. The number of furan rings is 1. The van der Waals surface area contributed by atoms with Crippen LogP contribution in [0.25, 0.3) is 33.2 Å². The minimum Gasteiger partial charge on any atom is -0.468 e. The normalized spacial score (nSPS) is 19.9.